The molecule has 3 rings (SSSR count). The van der Waals surface area contributed by atoms with E-state index in [1.165, 1.54) is 6.26 Å². The van der Waals surface area contributed by atoms with E-state index in [1.54, 1.807) is 24.3 Å². The van der Waals surface area contributed by atoms with Gasteiger partial charge in [0.15, 0.2) is 5.43 Å². The van der Waals surface area contributed by atoms with Gasteiger partial charge in [0.25, 0.3) is 0 Å². The van der Waals surface area contributed by atoms with Crippen molar-refractivity contribution in [2.24, 2.45) is 20.7 Å². The van der Waals surface area contributed by atoms with Crippen LogP contribution in [-0.4, -0.2) is 0 Å². The highest BCUT2D eigenvalue weighted by atomic mass is 16.3. The lowest BCUT2D eigenvalue weighted by Gasteiger charge is -2.01. The third-order valence-corrected chi connectivity index (χ3v) is 2.35. The number of fused-ring (bicyclic) bond motifs is 1. The minimum Gasteiger partial charge on any atom is -0.464 e. The Bertz CT molecular complexity index is 647. The summed E-state index contributed by atoms with van der Waals surface area (Å²) in [5.41, 5.74) is 0.749. The van der Waals surface area contributed by atoms with Gasteiger partial charge in [-0.15, -0.1) is 10.2 Å². The van der Waals surface area contributed by atoms with E-state index in [-0.39, 0.29) is 5.43 Å². The van der Waals surface area contributed by atoms with E-state index in [2.05, 4.69) is 20.7 Å². The number of nitrogens with zero attached hydrogens (tertiary/aromatic N) is 4. The Kier molecular flexibility index (Phi) is 1.86. The monoisotopic (exact) mass is 214 g/mol. The van der Waals surface area contributed by atoms with Crippen LogP contribution in [0.4, 0.5) is 0 Å². The summed E-state index contributed by atoms with van der Waals surface area (Å²) in [6, 6.07) is 7.02. The van der Waals surface area contributed by atoms with Gasteiger partial charge in [-0.05, 0) is 22.6 Å². The first-order valence-electron chi connectivity index (χ1n) is 4.67. The van der Waals surface area contributed by atoms with Gasteiger partial charge in [0.05, 0.1) is 10.9 Å². The molecule has 1 aliphatic heterocycles. The van der Waals surface area contributed by atoms with Crippen LogP contribution in [0, 0.1) is 0 Å². The fourth-order valence-corrected chi connectivity index (χ4v) is 1.56. The van der Waals surface area contributed by atoms with E-state index in [4.69, 9.17) is 4.42 Å². The first-order valence-corrected chi connectivity index (χ1v) is 4.67. The molecule has 2 heterocycles. The van der Waals surface area contributed by atoms with E-state index >= 15 is 0 Å². The smallest absolute Gasteiger partial charge is 0.217 e. The van der Waals surface area contributed by atoms with Crippen molar-refractivity contribution in [3.8, 4) is 0 Å². The van der Waals surface area contributed by atoms with Crippen LogP contribution in [-0.2, 0) is 0 Å². The lowest BCUT2D eigenvalue weighted by molar-refractivity contribution is 0.579. The maximum Gasteiger partial charge on any atom is 0.217 e. The SMILES string of the molecule is O=c1c(C2N=NN=N2)coc2ccccc12. The first-order chi connectivity index (χ1) is 7.86. The molecule has 78 valence electrons. The minimum absolute atomic E-state index is 0.147. The Hall–Kier alpha value is -2.37. The highest BCUT2D eigenvalue weighted by Crippen LogP contribution is 2.23. The molecule has 0 saturated carbocycles. The summed E-state index contributed by atoms with van der Waals surface area (Å²) in [6.07, 6.45) is 0.694. The molecular formula is C10H6N4O2. The van der Waals surface area contributed by atoms with E-state index in [1.807, 2.05) is 0 Å². The third kappa shape index (κ3) is 1.23. The predicted molar refractivity (Wildman–Crippen MR) is 54.9 cm³/mol. The molecule has 0 unspecified atom stereocenters. The van der Waals surface area contributed by atoms with Gasteiger partial charge < -0.3 is 4.42 Å². The standard InChI is InChI=1S/C10H6N4O2/c15-9-6-3-1-2-4-8(6)16-5-7(9)10-11-13-14-12-10/h1-5,10H. The Balaban J connectivity index is 2.28. The second kappa shape index (κ2) is 3.34. The molecule has 0 spiro atoms. The van der Waals surface area contributed by atoms with E-state index in [0.29, 0.717) is 16.5 Å². The van der Waals surface area contributed by atoms with Crippen LogP contribution in [0.1, 0.15) is 11.7 Å². The molecule has 2 aromatic rings. The maximum atomic E-state index is 12.1. The molecule has 0 N–H and O–H groups in total. The summed E-state index contributed by atoms with van der Waals surface area (Å²) in [4.78, 5) is 12.1. The van der Waals surface area contributed by atoms with Crippen LogP contribution < -0.4 is 5.43 Å². The quantitative estimate of drug-likeness (QED) is 0.731. The van der Waals surface area contributed by atoms with Crippen molar-refractivity contribution in [2.45, 2.75) is 6.17 Å². The lowest BCUT2D eigenvalue weighted by Crippen LogP contribution is -2.10. The molecule has 16 heavy (non-hydrogen) atoms. The summed E-state index contributed by atoms with van der Waals surface area (Å²) >= 11 is 0. The first kappa shape index (κ1) is 8.90. The molecule has 6 heteroatoms. The van der Waals surface area contributed by atoms with E-state index in [0.717, 1.165) is 0 Å². The Labute approximate surface area is 89.3 Å². The fraction of sp³-hybridized carbons (Fsp3) is 0.100. The summed E-state index contributed by atoms with van der Waals surface area (Å²) in [7, 11) is 0. The molecule has 0 amide bonds. The number of benzene rings is 1. The zero-order valence-corrected chi connectivity index (χ0v) is 8.07. The molecule has 1 aromatic heterocycles. The predicted octanol–water partition coefficient (Wildman–Crippen LogP) is 2.62. The van der Waals surface area contributed by atoms with Gasteiger partial charge in [0.2, 0.25) is 6.17 Å². The van der Waals surface area contributed by atoms with Crippen molar-refractivity contribution in [3.63, 3.8) is 0 Å². The maximum absolute atomic E-state index is 12.1. The Morgan fingerprint density at radius 3 is 2.69 bits per heavy atom. The van der Waals surface area contributed by atoms with Crippen molar-refractivity contribution >= 4 is 11.0 Å². The number of hydrogen-bond acceptors (Lipinski definition) is 6. The zero-order valence-electron chi connectivity index (χ0n) is 8.07. The van der Waals surface area contributed by atoms with Crippen LogP contribution in [0.25, 0.3) is 11.0 Å². The van der Waals surface area contributed by atoms with Crippen molar-refractivity contribution in [1.29, 1.82) is 0 Å². The number of para-hydroxylation sites is 1. The molecule has 0 atom stereocenters. The second-order valence-electron chi connectivity index (χ2n) is 3.30. The highest BCUT2D eigenvalue weighted by Gasteiger charge is 2.18. The van der Waals surface area contributed by atoms with Crippen LogP contribution in [0.15, 0.2) is 60.4 Å². The van der Waals surface area contributed by atoms with E-state index in [9.17, 15) is 4.79 Å². The summed E-state index contributed by atoms with van der Waals surface area (Å²) in [6.45, 7) is 0. The normalized spacial score (nSPS) is 15.0. The molecular weight excluding hydrogens is 208 g/mol. The van der Waals surface area contributed by atoms with Gasteiger partial charge in [0, 0.05) is 0 Å². The largest absolute Gasteiger partial charge is 0.464 e. The van der Waals surface area contributed by atoms with Crippen LogP contribution in [0.5, 0.6) is 0 Å². The minimum atomic E-state index is -0.666. The molecule has 0 saturated heterocycles. The van der Waals surface area contributed by atoms with Gasteiger partial charge >= 0.3 is 0 Å². The van der Waals surface area contributed by atoms with Gasteiger partial charge in [-0.2, -0.15) is 0 Å². The average molecular weight is 214 g/mol. The van der Waals surface area contributed by atoms with Gasteiger partial charge in [0.1, 0.15) is 11.8 Å². The molecule has 0 radical (unpaired) electrons. The Morgan fingerprint density at radius 2 is 1.88 bits per heavy atom. The van der Waals surface area contributed by atoms with Crippen LogP contribution in [0.2, 0.25) is 0 Å². The second-order valence-corrected chi connectivity index (χ2v) is 3.30. The van der Waals surface area contributed by atoms with E-state index < -0.39 is 6.17 Å². The molecule has 0 fully saturated rings. The molecule has 1 aromatic carbocycles. The van der Waals surface area contributed by atoms with Gasteiger partial charge in [-0.3, -0.25) is 4.79 Å². The fourth-order valence-electron chi connectivity index (χ4n) is 1.56. The van der Waals surface area contributed by atoms with Gasteiger partial charge in [-0.25, -0.2) is 0 Å². The topological polar surface area (TPSA) is 79.6 Å². The third-order valence-electron chi connectivity index (χ3n) is 2.35. The summed E-state index contributed by atoms with van der Waals surface area (Å²) in [5, 5.41) is 14.7. The summed E-state index contributed by atoms with van der Waals surface area (Å²) < 4.78 is 5.33. The average Bonchev–Trinajstić information content (AvgIpc) is 2.83. The molecule has 6 nitrogen and oxygen atoms in total. The molecule has 0 bridgehead atoms. The van der Waals surface area contributed by atoms with Crippen LogP contribution in [0.3, 0.4) is 0 Å². The van der Waals surface area contributed by atoms with Crippen LogP contribution >= 0.6 is 0 Å². The lowest BCUT2D eigenvalue weighted by atomic mass is 10.1. The number of rotatable bonds is 1. The number of hydrogen-bond donors (Lipinski definition) is 0. The molecule has 1 aliphatic rings. The highest BCUT2D eigenvalue weighted by molar-refractivity contribution is 5.76. The summed E-state index contributed by atoms with van der Waals surface area (Å²) in [5.74, 6) is 0. The molecule has 0 aliphatic carbocycles. The van der Waals surface area contributed by atoms with Gasteiger partial charge in [-0.1, -0.05) is 12.1 Å². The Morgan fingerprint density at radius 1 is 1.12 bits per heavy atom. The van der Waals surface area contributed by atoms with Crippen molar-refractivity contribution in [3.05, 3.63) is 46.3 Å². The van der Waals surface area contributed by atoms with Crippen molar-refractivity contribution in [2.75, 3.05) is 0 Å². The zero-order chi connectivity index (χ0) is 11.0. The van der Waals surface area contributed by atoms with Crippen molar-refractivity contribution < 1.29 is 4.42 Å². The van der Waals surface area contributed by atoms with Crippen molar-refractivity contribution in [1.82, 2.24) is 0 Å².